The molecule has 2 aromatic rings. The van der Waals surface area contributed by atoms with Gasteiger partial charge in [0.15, 0.2) is 0 Å². The maximum atomic E-state index is 3.39. The molecule has 0 amide bonds. The van der Waals surface area contributed by atoms with Crippen LogP contribution in [0.5, 0.6) is 0 Å². The van der Waals surface area contributed by atoms with Crippen LogP contribution in [0.1, 0.15) is 13.8 Å². The fourth-order valence-electron chi connectivity index (χ4n) is 2.11. The highest BCUT2D eigenvalue weighted by Gasteiger charge is 2.13. The van der Waals surface area contributed by atoms with E-state index in [1.165, 1.54) is 15.8 Å². The molecule has 1 aliphatic rings. The molecule has 1 fully saturated rings. The van der Waals surface area contributed by atoms with Crippen LogP contribution in [0.25, 0.3) is 10.1 Å². The van der Waals surface area contributed by atoms with Crippen molar-refractivity contribution in [2.24, 2.45) is 0 Å². The van der Waals surface area contributed by atoms with Gasteiger partial charge in [0.25, 0.3) is 0 Å². The highest BCUT2D eigenvalue weighted by atomic mass is 32.1. The summed E-state index contributed by atoms with van der Waals surface area (Å²) in [6.45, 7) is 8.45. The van der Waals surface area contributed by atoms with Crippen molar-refractivity contribution in [3.05, 3.63) is 29.6 Å². The average molecular weight is 248 g/mol. The van der Waals surface area contributed by atoms with Crippen molar-refractivity contribution in [1.29, 1.82) is 0 Å². The Bertz CT molecular complexity index is 458. The van der Waals surface area contributed by atoms with Gasteiger partial charge in [0.05, 0.1) is 5.69 Å². The lowest BCUT2D eigenvalue weighted by atomic mass is 10.2. The summed E-state index contributed by atoms with van der Waals surface area (Å²) in [7, 11) is 0. The molecule has 2 nitrogen and oxygen atoms in total. The Balaban J connectivity index is 0.000000514. The summed E-state index contributed by atoms with van der Waals surface area (Å²) in [5, 5.41) is 7.08. The Kier molecular flexibility index (Phi) is 4.40. The van der Waals surface area contributed by atoms with Crippen LogP contribution in [0, 0.1) is 0 Å². The van der Waals surface area contributed by atoms with Crippen LogP contribution < -0.4 is 10.2 Å². The summed E-state index contributed by atoms with van der Waals surface area (Å²) in [6, 6.07) is 8.66. The number of piperazine rings is 1. The van der Waals surface area contributed by atoms with E-state index in [-0.39, 0.29) is 0 Å². The van der Waals surface area contributed by atoms with Crippen molar-refractivity contribution in [3.8, 4) is 0 Å². The van der Waals surface area contributed by atoms with Gasteiger partial charge in [-0.15, -0.1) is 11.3 Å². The second-order valence-electron chi connectivity index (χ2n) is 3.85. The minimum Gasteiger partial charge on any atom is -0.368 e. The Labute approximate surface area is 107 Å². The minimum absolute atomic E-state index is 1.10. The van der Waals surface area contributed by atoms with Crippen molar-refractivity contribution >= 4 is 27.1 Å². The van der Waals surface area contributed by atoms with E-state index in [0.717, 1.165) is 26.2 Å². The van der Waals surface area contributed by atoms with Gasteiger partial charge in [0.1, 0.15) is 0 Å². The molecule has 0 atom stereocenters. The van der Waals surface area contributed by atoms with E-state index in [1.807, 2.05) is 25.2 Å². The van der Waals surface area contributed by atoms with Crippen LogP contribution in [-0.2, 0) is 0 Å². The van der Waals surface area contributed by atoms with E-state index >= 15 is 0 Å². The van der Waals surface area contributed by atoms with Crippen LogP contribution in [0.3, 0.4) is 0 Å². The summed E-state index contributed by atoms with van der Waals surface area (Å²) in [5.74, 6) is 0. The normalized spacial score (nSPS) is 15.5. The second kappa shape index (κ2) is 6.03. The largest absolute Gasteiger partial charge is 0.368 e. The first-order chi connectivity index (χ1) is 8.45. The fraction of sp³-hybridized carbons (Fsp3) is 0.429. The van der Waals surface area contributed by atoms with Gasteiger partial charge in [-0.05, 0) is 6.07 Å². The van der Waals surface area contributed by atoms with Gasteiger partial charge in [0.2, 0.25) is 0 Å². The average Bonchev–Trinajstić information content (AvgIpc) is 2.86. The summed E-state index contributed by atoms with van der Waals surface area (Å²) < 4.78 is 1.39. The van der Waals surface area contributed by atoms with Crippen molar-refractivity contribution in [1.82, 2.24) is 5.32 Å². The number of rotatable bonds is 1. The molecule has 1 aromatic carbocycles. The van der Waals surface area contributed by atoms with Crippen LogP contribution >= 0.6 is 11.3 Å². The molecule has 0 saturated carbocycles. The molecular weight excluding hydrogens is 228 g/mol. The maximum absolute atomic E-state index is 3.39. The summed E-state index contributed by atoms with van der Waals surface area (Å²) in [4.78, 5) is 2.48. The van der Waals surface area contributed by atoms with Crippen LogP contribution in [-0.4, -0.2) is 26.2 Å². The molecule has 1 saturated heterocycles. The quantitative estimate of drug-likeness (QED) is 0.832. The maximum Gasteiger partial charge on any atom is 0.0555 e. The molecule has 92 valence electrons. The van der Waals surface area contributed by atoms with Crippen molar-refractivity contribution in [2.45, 2.75) is 13.8 Å². The Morgan fingerprint density at radius 1 is 1.12 bits per heavy atom. The van der Waals surface area contributed by atoms with Crippen molar-refractivity contribution in [2.75, 3.05) is 31.1 Å². The first kappa shape index (κ1) is 12.4. The van der Waals surface area contributed by atoms with Crippen LogP contribution in [0.4, 0.5) is 5.69 Å². The smallest absolute Gasteiger partial charge is 0.0555 e. The second-order valence-corrected chi connectivity index (χ2v) is 4.77. The zero-order valence-corrected chi connectivity index (χ0v) is 11.4. The lowest BCUT2D eigenvalue weighted by Crippen LogP contribution is -2.43. The fourth-order valence-corrected chi connectivity index (χ4v) is 3.09. The predicted molar refractivity (Wildman–Crippen MR) is 78.3 cm³/mol. The highest BCUT2D eigenvalue weighted by Crippen LogP contribution is 2.32. The number of nitrogens with zero attached hydrogens (tertiary/aromatic N) is 1. The van der Waals surface area contributed by atoms with Crippen molar-refractivity contribution in [3.63, 3.8) is 0 Å². The lowest BCUT2D eigenvalue weighted by molar-refractivity contribution is 0.591. The monoisotopic (exact) mass is 248 g/mol. The number of nitrogens with one attached hydrogen (secondary N) is 1. The van der Waals surface area contributed by atoms with Gasteiger partial charge in [0, 0.05) is 41.6 Å². The Morgan fingerprint density at radius 3 is 2.59 bits per heavy atom. The SMILES string of the molecule is CC.c1ccc2c(N3CCNCC3)csc2c1. The minimum atomic E-state index is 1.10. The van der Waals surface area contributed by atoms with Gasteiger partial charge in [-0.3, -0.25) is 0 Å². The predicted octanol–water partition coefficient (Wildman–Crippen LogP) is 3.34. The standard InChI is InChI=1S/C12H14N2S.C2H6/c1-2-4-12-10(3-1)11(9-15-12)14-7-5-13-6-8-14;1-2/h1-4,9,13H,5-8H2;1-2H3. The van der Waals surface area contributed by atoms with E-state index in [9.17, 15) is 0 Å². The van der Waals surface area contributed by atoms with Gasteiger partial charge < -0.3 is 10.2 Å². The van der Waals surface area contributed by atoms with E-state index in [1.54, 1.807) is 0 Å². The molecule has 3 heteroatoms. The summed E-state index contributed by atoms with van der Waals surface area (Å²) >= 11 is 1.85. The topological polar surface area (TPSA) is 15.3 Å². The first-order valence-electron chi connectivity index (χ1n) is 6.37. The Morgan fingerprint density at radius 2 is 1.82 bits per heavy atom. The molecule has 0 bridgehead atoms. The number of anilines is 1. The molecule has 2 heterocycles. The molecule has 0 radical (unpaired) electrons. The lowest BCUT2D eigenvalue weighted by Gasteiger charge is -2.28. The molecular formula is C14H20N2S. The number of fused-ring (bicyclic) bond motifs is 1. The summed E-state index contributed by atoms with van der Waals surface area (Å²) in [6.07, 6.45) is 0. The van der Waals surface area contributed by atoms with Crippen molar-refractivity contribution < 1.29 is 0 Å². The van der Waals surface area contributed by atoms with E-state index < -0.39 is 0 Å². The zero-order chi connectivity index (χ0) is 12.1. The van der Waals surface area contributed by atoms with E-state index in [4.69, 9.17) is 0 Å². The van der Waals surface area contributed by atoms with Gasteiger partial charge in [-0.25, -0.2) is 0 Å². The number of hydrogen-bond acceptors (Lipinski definition) is 3. The van der Waals surface area contributed by atoms with Gasteiger partial charge in [-0.2, -0.15) is 0 Å². The molecule has 0 unspecified atom stereocenters. The zero-order valence-electron chi connectivity index (χ0n) is 10.6. The molecule has 1 N–H and O–H groups in total. The number of benzene rings is 1. The molecule has 17 heavy (non-hydrogen) atoms. The Hall–Kier alpha value is -1.06. The van der Waals surface area contributed by atoms with Gasteiger partial charge in [-0.1, -0.05) is 32.0 Å². The highest BCUT2D eigenvalue weighted by molar-refractivity contribution is 7.17. The molecule has 1 aliphatic heterocycles. The molecule has 3 rings (SSSR count). The molecule has 1 aromatic heterocycles. The number of hydrogen-bond donors (Lipinski definition) is 1. The summed E-state index contributed by atoms with van der Waals surface area (Å²) in [5.41, 5.74) is 1.41. The third-order valence-electron chi connectivity index (χ3n) is 2.92. The molecule has 0 aliphatic carbocycles. The third-order valence-corrected chi connectivity index (χ3v) is 3.87. The van der Waals surface area contributed by atoms with Gasteiger partial charge >= 0.3 is 0 Å². The third kappa shape index (κ3) is 2.61. The first-order valence-corrected chi connectivity index (χ1v) is 7.25. The van der Waals surface area contributed by atoms with E-state index in [2.05, 4.69) is 39.9 Å². The van der Waals surface area contributed by atoms with Crippen LogP contribution in [0.15, 0.2) is 29.6 Å². The number of thiophene rings is 1. The molecule has 0 spiro atoms. The van der Waals surface area contributed by atoms with Crippen LogP contribution in [0.2, 0.25) is 0 Å². The van der Waals surface area contributed by atoms with E-state index in [0.29, 0.717) is 0 Å².